The maximum absolute atomic E-state index is 13.5. The van der Waals surface area contributed by atoms with Crippen molar-refractivity contribution < 1.29 is 14.0 Å². The lowest BCUT2D eigenvalue weighted by Crippen LogP contribution is -2.04. The van der Waals surface area contributed by atoms with Crippen LogP contribution in [0.1, 0.15) is 24.2 Å². The highest BCUT2D eigenvalue weighted by molar-refractivity contribution is 6.31. The fraction of sp³-hybridized carbons (Fsp3) is 0.333. The summed E-state index contributed by atoms with van der Waals surface area (Å²) < 4.78 is 18.5. The Hall–Kier alpha value is -1.46. The third kappa shape index (κ3) is 3.05. The molecule has 4 nitrogen and oxygen atoms in total. The lowest BCUT2D eigenvalue weighted by atomic mass is 10.1. The minimum absolute atomic E-state index is 0.162. The van der Waals surface area contributed by atoms with Crippen LogP contribution in [-0.2, 0) is 12.8 Å². The summed E-state index contributed by atoms with van der Waals surface area (Å²) in [6, 6.07) is 4.48. The number of halogens is 2. The van der Waals surface area contributed by atoms with E-state index in [9.17, 15) is 9.50 Å². The van der Waals surface area contributed by atoms with E-state index in [1.165, 1.54) is 12.1 Å². The highest BCUT2D eigenvalue weighted by Crippen LogP contribution is 2.21. The maximum Gasteiger partial charge on any atom is 0.229 e. The molecule has 1 aromatic heterocycles. The number of benzene rings is 1. The zero-order valence-corrected chi connectivity index (χ0v) is 10.5. The predicted molar refractivity (Wildman–Crippen MR) is 63.9 cm³/mol. The Kier molecular flexibility index (Phi) is 3.93. The van der Waals surface area contributed by atoms with Crippen LogP contribution in [0.4, 0.5) is 4.39 Å². The number of aliphatic hydroxyl groups excluding tert-OH is 1. The first-order chi connectivity index (χ1) is 8.56. The monoisotopic (exact) mass is 270 g/mol. The van der Waals surface area contributed by atoms with E-state index in [-0.39, 0.29) is 12.8 Å². The molecule has 96 valence electrons. The van der Waals surface area contributed by atoms with E-state index in [1.807, 2.05) is 0 Å². The van der Waals surface area contributed by atoms with Gasteiger partial charge in [-0.1, -0.05) is 22.8 Å². The number of aromatic nitrogens is 2. The van der Waals surface area contributed by atoms with Crippen LogP contribution in [0.3, 0.4) is 0 Å². The van der Waals surface area contributed by atoms with Crippen molar-refractivity contribution in [2.24, 2.45) is 0 Å². The van der Waals surface area contributed by atoms with E-state index >= 15 is 0 Å². The summed E-state index contributed by atoms with van der Waals surface area (Å²) in [5.74, 6) is 0.273. The average Bonchev–Trinajstić information content (AvgIpc) is 2.70. The molecule has 1 N–H and O–H groups in total. The lowest BCUT2D eigenvalue weighted by molar-refractivity contribution is 0.181. The van der Waals surface area contributed by atoms with Gasteiger partial charge in [-0.3, -0.25) is 0 Å². The van der Waals surface area contributed by atoms with Crippen LogP contribution in [0.2, 0.25) is 5.02 Å². The molecule has 18 heavy (non-hydrogen) atoms. The molecule has 0 radical (unpaired) electrons. The van der Waals surface area contributed by atoms with Crippen LogP contribution in [0.25, 0.3) is 0 Å². The molecule has 0 fully saturated rings. The molecule has 0 saturated carbocycles. The van der Waals surface area contributed by atoms with Gasteiger partial charge in [0.05, 0.1) is 12.5 Å². The standard InChI is InChI=1S/C12H12ClFN2O2/c1-7(17)5-12-15-11(16-18-12)6-8-9(13)3-2-4-10(8)14/h2-4,7,17H,5-6H2,1H3. The van der Waals surface area contributed by atoms with Crippen LogP contribution in [-0.4, -0.2) is 21.4 Å². The number of rotatable bonds is 4. The van der Waals surface area contributed by atoms with Crippen molar-refractivity contribution in [3.63, 3.8) is 0 Å². The van der Waals surface area contributed by atoms with Gasteiger partial charge in [0, 0.05) is 17.0 Å². The molecular weight excluding hydrogens is 259 g/mol. The number of nitrogens with zero attached hydrogens (tertiary/aromatic N) is 2. The Morgan fingerprint density at radius 3 is 2.94 bits per heavy atom. The molecular formula is C12H12ClFN2O2. The summed E-state index contributed by atoms with van der Waals surface area (Å²) in [6.45, 7) is 1.62. The third-order valence-electron chi connectivity index (χ3n) is 2.38. The largest absolute Gasteiger partial charge is 0.393 e. The SMILES string of the molecule is CC(O)Cc1nc(Cc2c(F)cccc2Cl)no1. The minimum Gasteiger partial charge on any atom is -0.393 e. The number of hydrogen-bond acceptors (Lipinski definition) is 4. The van der Waals surface area contributed by atoms with Crippen molar-refractivity contribution in [1.29, 1.82) is 0 Å². The van der Waals surface area contributed by atoms with Gasteiger partial charge in [0.15, 0.2) is 5.82 Å². The van der Waals surface area contributed by atoms with E-state index in [4.69, 9.17) is 16.1 Å². The Bertz CT molecular complexity index is 522. The van der Waals surface area contributed by atoms with E-state index in [0.29, 0.717) is 22.3 Å². The second-order valence-corrected chi connectivity index (χ2v) is 4.44. The highest BCUT2D eigenvalue weighted by atomic mass is 35.5. The number of hydrogen-bond donors (Lipinski definition) is 1. The van der Waals surface area contributed by atoms with Gasteiger partial charge < -0.3 is 9.63 Å². The molecule has 6 heteroatoms. The first-order valence-electron chi connectivity index (χ1n) is 5.48. The van der Waals surface area contributed by atoms with Crippen molar-refractivity contribution >= 4 is 11.6 Å². The summed E-state index contributed by atoms with van der Waals surface area (Å²) in [7, 11) is 0. The van der Waals surface area contributed by atoms with Crippen LogP contribution in [0, 0.1) is 5.82 Å². The molecule has 0 saturated heterocycles. The van der Waals surface area contributed by atoms with Gasteiger partial charge in [-0.25, -0.2) is 4.39 Å². The van der Waals surface area contributed by atoms with Crippen molar-refractivity contribution in [1.82, 2.24) is 10.1 Å². The molecule has 1 heterocycles. The van der Waals surface area contributed by atoms with Crippen molar-refractivity contribution in [3.05, 3.63) is 46.3 Å². The molecule has 0 aliphatic heterocycles. The molecule has 1 aromatic carbocycles. The predicted octanol–water partition coefficient (Wildman–Crippen LogP) is 2.38. The number of aliphatic hydroxyl groups is 1. The highest BCUT2D eigenvalue weighted by Gasteiger charge is 2.13. The van der Waals surface area contributed by atoms with E-state index in [2.05, 4.69) is 10.1 Å². The molecule has 0 bridgehead atoms. The summed E-state index contributed by atoms with van der Waals surface area (Å²) in [5, 5.41) is 13.2. The molecule has 2 rings (SSSR count). The van der Waals surface area contributed by atoms with Gasteiger partial charge >= 0.3 is 0 Å². The fourth-order valence-electron chi connectivity index (χ4n) is 1.56. The van der Waals surface area contributed by atoms with E-state index in [0.717, 1.165) is 0 Å². The molecule has 0 aliphatic rings. The molecule has 0 amide bonds. The first-order valence-corrected chi connectivity index (χ1v) is 5.86. The summed E-state index contributed by atoms with van der Waals surface area (Å²) in [5.41, 5.74) is 0.337. The van der Waals surface area contributed by atoms with Gasteiger partial charge in [0.25, 0.3) is 0 Å². The summed E-state index contributed by atoms with van der Waals surface area (Å²) in [6.07, 6.45) is -0.123. The van der Waals surface area contributed by atoms with Crippen molar-refractivity contribution in [2.75, 3.05) is 0 Å². The summed E-state index contributed by atoms with van der Waals surface area (Å²) in [4.78, 5) is 4.06. The second-order valence-electron chi connectivity index (χ2n) is 4.03. The van der Waals surface area contributed by atoms with E-state index in [1.54, 1.807) is 13.0 Å². The molecule has 0 spiro atoms. The Balaban J connectivity index is 2.16. The van der Waals surface area contributed by atoms with Gasteiger partial charge in [-0.05, 0) is 19.1 Å². The van der Waals surface area contributed by atoms with Gasteiger partial charge in [-0.2, -0.15) is 4.98 Å². The van der Waals surface area contributed by atoms with Gasteiger partial charge in [0.2, 0.25) is 5.89 Å². The van der Waals surface area contributed by atoms with E-state index < -0.39 is 11.9 Å². The van der Waals surface area contributed by atoms with Gasteiger partial charge in [0.1, 0.15) is 5.82 Å². The topological polar surface area (TPSA) is 59.2 Å². The van der Waals surface area contributed by atoms with Gasteiger partial charge in [-0.15, -0.1) is 0 Å². The Labute approximate surface area is 108 Å². The Morgan fingerprint density at radius 2 is 2.28 bits per heavy atom. The average molecular weight is 271 g/mol. The van der Waals surface area contributed by atoms with Crippen molar-refractivity contribution in [3.8, 4) is 0 Å². The minimum atomic E-state index is -0.560. The Morgan fingerprint density at radius 1 is 1.50 bits per heavy atom. The smallest absolute Gasteiger partial charge is 0.229 e. The quantitative estimate of drug-likeness (QED) is 0.927. The van der Waals surface area contributed by atoms with Crippen LogP contribution in [0.5, 0.6) is 0 Å². The molecule has 2 aromatic rings. The zero-order valence-electron chi connectivity index (χ0n) is 9.73. The molecule has 1 unspecified atom stereocenters. The third-order valence-corrected chi connectivity index (χ3v) is 2.73. The van der Waals surface area contributed by atoms with Crippen LogP contribution >= 0.6 is 11.6 Å². The second kappa shape index (κ2) is 5.46. The summed E-state index contributed by atoms with van der Waals surface area (Å²) >= 11 is 5.90. The normalized spacial score (nSPS) is 12.7. The van der Waals surface area contributed by atoms with Crippen molar-refractivity contribution in [2.45, 2.75) is 25.9 Å². The first kappa shape index (κ1) is 13.0. The zero-order chi connectivity index (χ0) is 13.1. The van der Waals surface area contributed by atoms with Crippen LogP contribution < -0.4 is 0 Å². The molecule has 1 atom stereocenters. The maximum atomic E-state index is 13.5. The fourth-order valence-corrected chi connectivity index (χ4v) is 1.79. The lowest BCUT2D eigenvalue weighted by Gasteiger charge is -2.01. The van der Waals surface area contributed by atoms with Crippen LogP contribution in [0.15, 0.2) is 22.7 Å². The molecule has 0 aliphatic carbocycles.